The lowest BCUT2D eigenvalue weighted by molar-refractivity contribution is 0.355. The quantitative estimate of drug-likeness (QED) is 0.910. The van der Waals surface area contributed by atoms with Crippen LogP contribution in [-0.2, 0) is 0 Å². The van der Waals surface area contributed by atoms with Gasteiger partial charge in [0, 0.05) is 20.6 Å². The Hall–Kier alpha value is -0.320. The van der Waals surface area contributed by atoms with Crippen LogP contribution in [0.25, 0.3) is 0 Å². The molecule has 82 valence electrons. The number of rotatable bonds is 4. The van der Waals surface area contributed by atoms with Crippen molar-refractivity contribution in [3.8, 4) is 5.75 Å². The summed E-state index contributed by atoms with van der Waals surface area (Å²) in [6.45, 7) is 6.09. The van der Waals surface area contributed by atoms with Crippen LogP contribution in [0, 0.1) is 0 Å². The zero-order chi connectivity index (χ0) is 11.4. The van der Waals surface area contributed by atoms with Gasteiger partial charge < -0.3 is 10.5 Å². The lowest BCUT2D eigenvalue weighted by Crippen LogP contribution is -2.08. The van der Waals surface area contributed by atoms with Crippen molar-refractivity contribution in [1.82, 2.24) is 0 Å². The van der Waals surface area contributed by atoms with E-state index in [4.69, 9.17) is 10.5 Å². The molecular weight excluding hydrogens is 322 g/mol. The van der Waals surface area contributed by atoms with Crippen LogP contribution in [0.4, 0.5) is 0 Å². The predicted octanol–water partition coefficient (Wildman–Crippen LogP) is 3.76. The molecule has 0 saturated carbocycles. The Labute approximate surface area is 107 Å². The molecule has 15 heavy (non-hydrogen) atoms. The van der Waals surface area contributed by atoms with Gasteiger partial charge in [-0.2, -0.15) is 0 Å². The van der Waals surface area contributed by atoms with Gasteiger partial charge in [0.05, 0.1) is 0 Å². The Morgan fingerprint density at radius 3 is 2.80 bits per heavy atom. The highest BCUT2D eigenvalue weighted by atomic mass is 79.9. The smallest absolute Gasteiger partial charge is 0.124 e. The van der Waals surface area contributed by atoms with E-state index in [9.17, 15) is 0 Å². The topological polar surface area (TPSA) is 35.2 Å². The van der Waals surface area contributed by atoms with E-state index < -0.39 is 0 Å². The van der Waals surface area contributed by atoms with Crippen molar-refractivity contribution in [2.75, 3.05) is 6.61 Å². The number of ether oxygens (including phenoxy) is 1. The first-order chi connectivity index (χ1) is 7.00. The summed E-state index contributed by atoms with van der Waals surface area (Å²) in [6, 6.07) is 5.74. The minimum Gasteiger partial charge on any atom is -0.488 e. The van der Waals surface area contributed by atoms with Crippen LogP contribution < -0.4 is 10.5 Å². The molecule has 0 spiro atoms. The molecule has 0 saturated heterocycles. The Morgan fingerprint density at radius 1 is 1.60 bits per heavy atom. The summed E-state index contributed by atoms with van der Waals surface area (Å²) in [6.07, 6.45) is 0. The average molecular weight is 335 g/mol. The maximum atomic E-state index is 5.85. The monoisotopic (exact) mass is 333 g/mol. The van der Waals surface area contributed by atoms with E-state index in [2.05, 4.69) is 38.4 Å². The second kappa shape index (κ2) is 5.68. The summed E-state index contributed by atoms with van der Waals surface area (Å²) in [5.41, 5.74) is 6.84. The fourth-order valence-electron chi connectivity index (χ4n) is 1.16. The first kappa shape index (κ1) is 12.7. The van der Waals surface area contributed by atoms with Crippen LogP contribution in [0.2, 0.25) is 0 Å². The highest BCUT2D eigenvalue weighted by Gasteiger charge is 2.08. The summed E-state index contributed by atoms with van der Waals surface area (Å²) < 4.78 is 7.37. The molecule has 0 amide bonds. The number of hydrogen-bond acceptors (Lipinski definition) is 2. The maximum Gasteiger partial charge on any atom is 0.124 e. The SMILES string of the molecule is C=C(Br)COc1ccc(Br)cc1C(C)N. The largest absolute Gasteiger partial charge is 0.488 e. The van der Waals surface area contributed by atoms with Crippen molar-refractivity contribution >= 4 is 31.9 Å². The van der Waals surface area contributed by atoms with E-state index >= 15 is 0 Å². The Bertz CT molecular complexity index is 364. The molecule has 0 radical (unpaired) electrons. The lowest BCUT2D eigenvalue weighted by atomic mass is 10.1. The predicted molar refractivity (Wildman–Crippen MR) is 70.3 cm³/mol. The normalized spacial score (nSPS) is 12.3. The third-order valence-electron chi connectivity index (χ3n) is 1.85. The van der Waals surface area contributed by atoms with Gasteiger partial charge >= 0.3 is 0 Å². The first-order valence-electron chi connectivity index (χ1n) is 4.52. The standard InChI is InChI=1S/C11H13Br2NO/c1-7(12)6-15-11-4-3-9(13)5-10(11)8(2)14/h3-5,8H,1,6,14H2,2H3. The number of hydrogen-bond donors (Lipinski definition) is 1. The van der Waals surface area contributed by atoms with Crippen LogP contribution >= 0.6 is 31.9 Å². The van der Waals surface area contributed by atoms with Crippen LogP contribution in [0.1, 0.15) is 18.5 Å². The molecule has 1 atom stereocenters. The molecule has 0 aliphatic carbocycles. The van der Waals surface area contributed by atoms with Gasteiger partial charge in [-0.3, -0.25) is 0 Å². The average Bonchev–Trinajstić information content (AvgIpc) is 2.15. The van der Waals surface area contributed by atoms with Crippen molar-refractivity contribution in [2.24, 2.45) is 5.73 Å². The summed E-state index contributed by atoms with van der Waals surface area (Å²) in [5, 5.41) is 0. The second-order valence-electron chi connectivity index (χ2n) is 3.28. The fourth-order valence-corrected chi connectivity index (χ4v) is 1.66. The highest BCUT2D eigenvalue weighted by Crippen LogP contribution is 2.27. The number of nitrogens with two attached hydrogens (primary N) is 1. The van der Waals surface area contributed by atoms with Gasteiger partial charge in [0.1, 0.15) is 12.4 Å². The fraction of sp³-hybridized carbons (Fsp3) is 0.273. The molecule has 1 aromatic carbocycles. The van der Waals surface area contributed by atoms with Crippen LogP contribution in [-0.4, -0.2) is 6.61 Å². The summed E-state index contributed by atoms with van der Waals surface area (Å²) in [5.74, 6) is 0.800. The minimum atomic E-state index is -0.0545. The van der Waals surface area contributed by atoms with Gasteiger partial charge in [-0.25, -0.2) is 0 Å². The van der Waals surface area contributed by atoms with Crippen molar-refractivity contribution in [3.63, 3.8) is 0 Å². The van der Waals surface area contributed by atoms with Gasteiger partial charge in [0.25, 0.3) is 0 Å². The molecule has 1 aromatic rings. The molecule has 0 bridgehead atoms. The molecule has 0 fully saturated rings. The summed E-state index contributed by atoms with van der Waals surface area (Å²) >= 11 is 6.65. The zero-order valence-corrected chi connectivity index (χ0v) is 11.6. The third kappa shape index (κ3) is 3.97. The molecule has 0 aliphatic rings. The Morgan fingerprint density at radius 2 is 2.27 bits per heavy atom. The molecule has 1 unspecified atom stereocenters. The van der Waals surface area contributed by atoms with E-state index in [1.165, 1.54) is 0 Å². The van der Waals surface area contributed by atoms with Crippen molar-refractivity contribution in [1.29, 1.82) is 0 Å². The van der Waals surface area contributed by atoms with E-state index in [0.717, 1.165) is 20.3 Å². The number of halogens is 2. The minimum absolute atomic E-state index is 0.0545. The molecule has 4 heteroatoms. The molecule has 0 heterocycles. The van der Waals surface area contributed by atoms with E-state index in [-0.39, 0.29) is 6.04 Å². The molecule has 0 aromatic heterocycles. The van der Waals surface area contributed by atoms with Gasteiger partial charge in [-0.1, -0.05) is 38.4 Å². The van der Waals surface area contributed by atoms with Crippen molar-refractivity contribution < 1.29 is 4.74 Å². The highest BCUT2D eigenvalue weighted by molar-refractivity contribution is 9.11. The van der Waals surface area contributed by atoms with Crippen LogP contribution in [0.5, 0.6) is 5.75 Å². The summed E-state index contributed by atoms with van der Waals surface area (Å²) in [4.78, 5) is 0. The first-order valence-corrected chi connectivity index (χ1v) is 6.10. The van der Waals surface area contributed by atoms with Crippen LogP contribution in [0.15, 0.2) is 33.7 Å². The zero-order valence-electron chi connectivity index (χ0n) is 8.47. The molecule has 0 aliphatic heterocycles. The molecule has 1 rings (SSSR count). The van der Waals surface area contributed by atoms with Gasteiger partial charge in [0.15, 0.2) is 0 Å². The maximum absolute atomic E-state index is 5.85. The molecule has 2 nitrogen and oxygen atoms in total. The van der Waals surface area contributed by atoms with Crippen molar-refractivity contribution in [3.05, 3.63) is 39.3 Å². The van der Waals surface area contributed by atoms with E-state index in [1.54, 1.807) is 0 Å². The van der Waals surface area contributed by atoms with E-state index in [1.807, 2.05) is 25.1 Å². The van der Waals surface area contributed by atoms with Gasteiger partial charge in [0.2, 0.25) is 0 Å². The van der Waals surface area contributed by atoms with Gasteiger partial charge in [-0.15, -0.1) is 0 Å². The molecular formula is C11H13Br2NO. The molecule has 2 N–H and O–H groups in total. The second-order valence-corrected chi connectivity index (χ2v) is 5.31. The van der Waals surface area contributed by atoms with E-state index in [0.29, 0.717) is 6.61 Å². The third-order valence-corrected chi connectivity index (χ3v) is 2.57. The summed E-state index contributed by atoms with van der Waals surface area (Å²) in [7, 11) is 0. The lowest BCUT2D eigenvalue weighted by Gasteiger charge is -2.14. The van der Waals surface area contributed by atoms with Gasteiger partial charge in [-0.05, 0) is 25.1 Å². The van der Waals surface area contributed by atoms with Crippen molar-refractivity contribution in [2.45, 2.75) is 13.0 Å². The Balaban J connectivity index is 2.90. The Kier molecular flexibility index (Phi) is 4.83. The van der Waals surface area contributed by atoms with Crippen LogP contribution in [0.3, 0.4) is 0 Å². The number of benzene rings is 1.